The van der Waals surface area contributed by atoms with Gasteiger partial charge in [-0.25, -0.2) is 4.98 Å². The van der Waals surface area contributed by atoms with Crippen molar-refractivity contribution < 1.29 is 9.53 Å². The van der Waals surface area contributed by atoms with E-state index >= 15 is 0 Å². The Balaban J connectivity index is 1.37. The van der Waals surface area contributed by atoms with Crippen molar-refractivity contribution in [2.75, 3.05) is 18.1 Å². The summed E-state index contributed by atoms with van der Waals surface area (Å²) < 4.78 is 6.77. The Kier molecular flexibility index (Phi) is 5.40. The molecule has 2 aromatic heterocycles. The summed E-state index contributed by atoms with van der Waals surface area (Å²) in [5.74, 6) is 0.253. The number of aryl methyl sites for hydroxylation is 1. The zero-order chi connectivity index (χ0) is 21.4. The van der Waals surface area contributed by atoms with Gasteiger partial charge in [0.1, 0.15) is 11.1 Å². The molecule has 3 aromatic rings. The molecule has 1 atom stereocenters. The normalized spacial score (nSPS) is 19.8. The van der Waals surface area contributed by atoms with E-state index < -0.39 is 0 Å². The van der Waals surface area contributed by atoms with E-state index in [9.17, 15) is 9.59 Å². The first-order chi connectivity index (χ1) is 15.1. The first-order valence-electron chi connectivity index (χ1n) is 11.1. The second kappa shape index (κ2) is 8.20. The molecule has 0 unspecified atom stereocenters. The van der Waals surface area contributed by atoms with Crippen LogP contribution in [0.2, 0.25) is 0 Å². The maximum atomic E-state index is 13.0. The molecule has 1 saturated carbocycles. The van der Waals surface area contributed by atoms with Crippen LogP contribution in [0.3, 0.4) is 0 Å². The first-order valence-corrected chi connectivity index (χ1v) is 11.9. The summed E-state index contributed by atoms with van der Waals surface area (Å²) >= 11 is 1.51. The number of thiazole rings is 1. The van der Waals surface area contributed by atoms with E-state index in [4.69, 9.17) is 4.74 Å². The number of nitrogens with one attached hydrogen (secondary N) is 1. The Hall–Kier alpha value is -2.51. The van der Waals surface area contributed by atoms with E-state index in [0.717, 1.165) is 54.2 Å². The molecule has 1 aromatic carbocycles. The van der Waals surface area contributed by atoms with Gasteiger partial charge in [0.05, 0.1) is 16.4 Å². The van der Waals surface area contributed by atoms with Crippen LogP contribution in [0.15, 0.2) is 41.2 Å². The van der Waals surface area contributed by atoms with Crippen LogP contribution in [-0.4, -0.2) is 34.9 Å². The van der Waals surface area contributed by atoms with Crippen LogP contribution in [-0.2, 0) is 21.6 Å². The molecule has 0 bridgehead atoms. The molecule has 2 aliphatic rings. The molecule has 0 amide bonds. The Morgan fingerprint density at radius 1 is 1.32 bits per heavy atom. The predicted molar refractivity (Wildman–Crippen MR) is 123 cm³/mol. The van der Waals surface area contributed by atoms with Crippen LogP contribution in [0, 0.1) is 0 Å². The quantitative estimate of drug-likeness (QED) is 0.572. The zero-order valence-corrected chi connectivity index (χ0v) is 18.5. The lowest BCUT2D eigenvalue weighted by atomic mass is 10.0. The highest BCUT2D eigenvalue weighted by molar-refractivity contribution is 7.22. The molecule has 1 N–H and O–H groups in total. The number of H-pyrrole nitrogens is 1. The molecular formula is C24H27N3O3S. The number of anilines is 1. The zero-order valence-electron chi connectivity index (χ0n) is 17.7. The number of rotatable bonds is 8. The molecule has 3 heterocycles. The molecular weight excluding hydrogens is 410 g/mol. The lowest BCUT2D eigenvalue weighted by Crippen LogP contribution is -2.36. The number of Topliss-reactive ketones (excluding diaryl/α,β-unsaturated/α-hetero) is 1. The van der Waals surface area contributed by atoms with Gasteiger partial charge in [-0.2, -0.15) is 0 Å². The number of aromatic amines is 1. The standard InChI is InChI=1S/C24H27N3O3S/c1-2-30-24(12-13-24)20-15-19-21(22(29)25-20)26-23(31-19)27-14-6-9-17(27)18(28)11-10-16-7-4-3-5-8-16/h3-5,7-8,15,17H,2,6,9-14H2,1H3,(H,25,29)/t17-/m1/s1. The van der Waals surface area contributed by atoms with Gasteiger partial charge in [-0.05, 0) is 50.7 Å². The summed E-state index contributed by atoms with van der Waals surface area (Å²) in [5, 5.41) is 0.773. The molecule has 0 radical (unpaired) electrons. The second-order valence-corrected chi connectivity index (χ2v) is 9.46. The van der Waals surface area contributed by atoms with Crippen molar-refractivity contribution in [2.45, 2.75) is 57.1 Å². The summed E-state index contributed by atoms with van der Waals surface area (Å²) in [7, 11) is 0. The van der Waals surface area contributed by atoms with Crippen molar-refractivity contribution in [1.82, 2.24) is 9.97 Å². The van der Waals surface area contributed by atoms with E-state index in [0.29, 0.717) is 18.5 Å². The average Bonchev–Trinajstić information content (AvgIpc) is 3.21. The molecule has 1 aliphatic carbocycles. The molecule has 162 valence electrons. The third-order valence-electron chi connectivity index (χ3n) is 6.37. The average molecular weight is 438 g/mol. The highest BCUT2D eigenvalue weighted by Gasteiger charge is 2.46. The van der Waals surface area contributed by atoms with E-state index in [-0.39, 0.29) is 23.0 Å². The van der Waals surface area contributed by atoms with Gasteiger partial charge in [0.25, 0.3) is 5.56 Å². The number of carbonyl (C=O) groups is 1. The number of aromatic nitrogens is 2. The Bertz CT molecular complexity index is 1150. The fraction of sp³-hybridized carbons (Fsp3) is 0.458. The van der Waals surface area contributed by atoms with Crippen LogP contribution in [0.4, 0.5) is 5.13 Å². The lowest BCUT2D eigenvalue weighted by molar-refractivity contribution is -0.120. The van der Waals surface area contributed by atoms with Gasteiger partial charge in [0.2, 0.25) is 0 Å². The van der Waals surface area contributed by atoms with E-state index in [1.54, 1.807) is 0 Å². The van der Waals surface area contributed by atoms with Crippen molar-refractivity contribution in [2.24, 2.45) is 0 Å². The highest BCUT2D eigenvalue weighted by atomic mass is 32.1. The van der Waals surface area contributed by atoms with Gasteiger partial charge < -0.3 is 14.6 Å². The number of pyridine rings is 1. The molecule has 6 nitrogen and oxygen atoms in total. The minimum Gasteiger partial charge on any atom is -0.369 e. The fourth-order valence-corrected chi connectivity index (χ4v) is 5.67. The number of ketones is 1. The van der Waals surface area contributed by atoms with Crippen LogP contribution < -0.4 is 10.5 Å². The summed E-state index contributed by atoms with van der Waals surface area (Å²) in [4.78, 5) is 35.5. The van der Waals surface area contributed by atoms with Gasteiger partial charge in [0.15, 0.2) is 10.9 Å². The van der Waals surface area contributed by atoms with Crippen LogP contribution in [0.25, 0.3) is 10.2 Å². The van der Waals surface area contributed by atoms with Crippen molar-refractivity contribution in [3.63, 3.8) is 0 Å². The summed E-state index contributed by atoms with van der Waals surface area (Å²) in [6.07, 6.45) is 4.95. The first kappa shape index (κ1) is 20.4. The van der Waals surface area contributed by atoms with Crippen LogP contribution in [0.5, 0.6) is 0 Å². The number of hydrogen-bond acceptors (Lipinski definition) is 6. The number of hydrogen-bond donors (Lipinski definition) is 1. The third-order valence-corrected chi connectivity index (χ3v) is 7.41. The predicted octanol–water partition coefficient (Wildman–Crippen LogP) is 4.18. The molecule has 7 heteroatoms. The molecule has 5 rings (SSSR count). The minimum absolute atomic E-state index is 0.152. The van der Waals surface area contributed by atoms with E-state index in [1.165, 1.54) is 16.9 Å². The van der Waals surface area contributed by atoms with Crippen molar-refractivity contribution in [3.05, 3.63) is 58.0 Å². The number of nitrogens with zero attached hydrogens (tertiary/aromatic N) is 2. The smallest absolute Gasteiger partial charge is 0.275 e. The van der Waals surface area contributed by atoms with Crippen LogP contribution in [0.1, 0.15) is 50.3 Å². The molecule has 31 heavy (non-hydrogen) atoms. The van der Waals surface area contributed by atoms with Gasteiger partial charge >= 0.3 is 0 Å². The molecule has 2 fully saturated rings. The summed E-state index contributed by atoms with van der Waals surface area (Å²) in [6, 6.07) is 12.0. The van der Waals surface area contributed by atoms with E-state index in [1.807, 2.05) is 31.2 Å². The molecule has 0 spiro atoms. The maximum Gasteiger partial charge on any atom is 0.275 e. The number of benzene rings is 1. The highest BCUT2D eigenvalue weighted by Crippen LogP contribution is 2.48. The Labute approximate surface area is 185 Å². The second-order valence-electron chi connectivity index (χ2n) is 8.45. The molecule has 1 aliphatic heterocycles. The SMILES string of the molecule is CCOC1(c2cc3sc(N4CCC[C@@H]4C(=O)CCc4ccccc4)nc3c(=O)[nH]2)CC1. The van der Waals surface area contributed by atoms with Gasteiger partial charge in [0, 0.05) is 19.6 Å². The minimum atomic E-state index is -0.337. The Morgan fingerprint density at radius 3 is 2.87 bits per heavy atom. The molecule has 1 saturated heterocycles. The van der Waals surface area contributed by atoms with Crippen molar-refractivity contribution in [3.8, 4) is 0 Å². The third kappa shape index (κ3) is 3.92. The maximum absolute atomic E-state index is 13.0. The monoisotopic (exact) mass is 437 g/mol. The number of fused-ring (bicyclic) bond motifs is 1. The largest absolute Gasteiger partial charge is 0.369 e. The van der Waals surface area contributed by atoms with Gasteiger partial charge in [-0.1, -0.05) is 41.7 Å². The number of carbonyl (C=O) groups excluding carboxylic acids is 1. The van der Waals surface area contributed by atoms with Gasteiger partial charge in [-0.3, -0.25) is 9.59 Å². The lowest BCUT2D eigenvalue weighted by Gasteiger charge is -2.22. The fourth-order valence-electron chi connectivity index (χ4n) is 4.59. The van der Waals surface area contributed by atoms with Crippen molar-refractivity contribution in [1.29, 1.82) is 0 Å². The Morgan fingerprint density at radius 2 is 2.13 bits per heavy atom. The van der Waals surface area contributed by atoms with Crippen LogP contribution >= 0.6 is 11.3 Å². The van der Waals surface area contributed by atoms with Crippen molar-refractivity contribution >= 4 is 32.5 Å². The van der Waals surface area contributed by atoms with Gasteiger partial charge in [-0.15, -0.1) is 0 Å². The van der Waals surface area contributed by atoms with E-state index in [2.05, 4.69) is 27.0 Å². The summed E-state index contributed by atoms with van der Waals surface area (Å²) in [6.45, 7) is 3.40. The number of ether oxygens (including phenoxy) is 1. The topological polar surface area (TPSA) is 75.3 Å². The summed E-state index contributed by atoms with van der Waals surface area (Å²) in [5.41, 5.74) is 1.97.